The highest BCUT2D eigenvalue weighted by atomic mass is 16.6. The Labute approximate surface area is 247 Å². The molecule has 3 nitrogen and oxygen atoms in total. The average molecular weight is 546 g/mol. The third kappa shape index (κ3) is 3.97. The van der Waals surface area contributed by atoms with Crippen LogP contribution in [0.25, 0.3) is 22.3 Å². The Kier molecular flexibility index (Phi) is 6.09. The van der Waals surface area contributed by atoms with E-state index < -0.39 is 5.41 Å². The first-order valence-electron chi connectivity index (χ1n) is 14.1. The second-order valence-electron chi connectivity index (χ2n) is 10.9. The summed E-state index contributed by atoms with van der Waals surface area (Å²) in [6, 6.07) is 37.8. The zero-order valence-corrected chi connectivity index (χ0v) is 23.8. The third-order valence-corrected chi connectivity index (χ3v) is 8.56. The molecule has 0 spiro atoms. The smallest absolute Gasteiger partial charge is 0.172 e. The van der Waals surface area contributed by atoms with Gasteiger partial charge in [0.15, 0.2) is 23.0 Å². The number of anilines is 2. The first-order chi connectivity index (χ1) is 20.5. The van der Waals surface area contributed by atoms with Crippen LogP contribution in [0.2, 0.25) is 0 Å². The number of hydrogen-bond donors (Lipinski definition) is 0. The van der Waals surface area contributed by atoms with Crippen molar-refractivity contribution in [1.82, 2.24) is 0 Å². The van der Waals surface area contributed by atoms with Gasteiger partial charge >= 0.3 is 0 Å². The van der Waals surface area contributed by atoms with Gasteiger partial charge in [0.2, 0.25) is 0 Å². The van der Waals surface area contributed by atoms with Crippen molar-refractivity contribution in [3.05, 3.63) is 157 Å². The minimum atomic E-state index is -0.409. The molecule has 0 N–H and O–H groups in total. The van der Waals surface area contributed by atoms with Crippen molar-refractivity contribution in [2.75, 3.05) is 11.9 Å². The Morgan fingerprint density at radius 2 is 1.36 bits per heavy atom. The lowest BCUT2D eigenvalue weighted by Gasteiger charge is -2.30. The van der Waals surface area contributed by atoms with Gasteiger partial charge in [0.25, 0.3) is 0 Å². The summed E-state index contributed by atoms with van der Waals surface area (Å²) < 4.78 is 13.0. The molecule has 0 radical (unpaired) electrons. The van der Waals surface area contributed by atoms with E-state index in [1.807, 2.05) is 30.4 Å². The standard InChI is InChI=1S/C39H31NO2/c1-5-6-14-26(2)39(3)32-19-12-10-18-30(32)31-24-37-38(25-33(31)39)42-36-23-28(21-22-35(36)41-37)40(4)34-20-13-11-17-29(34)27-15-8-7-9-16-27/h5-25H,1-2H2,3-4H3/b14-6-. The molecule has 42 heavy (non-hydrogen) atoms. The van der Waals surface area contributed by atoms with Gasteiger partial charge in [-0.3, -0.25) is 0 Å². The maximum atomic E-state index is 6.58. The van der Waals surface area contributed by atoms with Crippen LogP contribution in [0.15, 0.2) is 146 Å². The Morgan fingerprint density at radius 3 is 2.17 bits per heavy atom. The summed E-state index contributed by atoms with van der Waals surface area (Å²) in [5.41, 5.74) is 9.74. The topological polar surface area (TPSA) is 21.7 Å². The number of para-hydroxylation sites is 1. The van der Waals surface area contributed by atoms with E-state index in [0.29, 0.717) is 23.0 Å². The predicted octanol–water partition coefficient (Wildman–Crippen LogP) is 10.6. The van der Waals surface area contributed by atoms with Crippen LogP contribution in [0, 0.1) is 0 Å². The van der Waals surface area contributed by atoms with Crippen LogP contribution in [-0.4, -0.2) is 7.05 Å². The second-order valence-corrected chi connectivity index (χ2v) is 10.9. The fraction of sp³-hybridized carbons (Fsp3) is 0.0769. The lowest BCUT2D eigenvalue weighted by Crippen LogP contribution is -2.22. The van der Waals surface area contributed by atoms with Gasteiger partial charge in [-0.15, -0.1) is 0 Å². The molecular weight excluding hydrogens is 514 g/mol. The van der Waals surface area contributed by atoms with Gasteiger partial charge in [0.05, 0.1) is 0 Å². The van der Waals surface area contributed by atoms with Crippen molar-refractivity contribution < 1.29 is 9.47 Å². The van der Waals surface area contributed by atoms with Crippen molar-refractivity contribution >= 4 is 11.4 Å². The van der Waals surface area contributed by atoms with Gasteiger partial charge in [-0.1, -0.05) is 104 Å². The van der Waals surface area contributed by atoms with Crippen LogP contribution < -0.4 is 14.4 Å². The first kappa shape index (κ1) is 25.7. The fourth-order valence-electron chi connectivity index (χ4n) is 6.23. The number of hydrogen-bond acceptors (Lipinski definition) is 3. The fourth-order valence-corrected chi connectivity index (χ4v) is 6.23. The van der Waals surface area contributed by atoms with Crippen molar-refractivity contribution in [2.45, 2.75) is 12.3 Å². The highest BCUT2D eigenvalue weighted by Gasteiger charge is 2.42. The Bertz CT molecular complexity index is 1900. The number of fused-ring (bicyclic) bond motifs is 5. The quantitative estimate of drug-likeness (QED) is 0.194. The molecule has 0 saturated carbocycles. The highest BCUT2D eigenvalue weighted by Crippen LogP contribution is 2.57. The summed E-state index contributed by atoms with van der Waals surface area (Å²) >= 11 is 0. The molecule has 1 aliphatic carbocycles. The van der Waals surface area contributed by atoms with Gasteiger partial charge in [-0.2, -0.15) is 0 Å². The van der Waals surface area contributed by atoms with Crippen LogP contribution in [0.3, 0.4) is 0 Å². The van der Waals surface area contributed by atoms with E-state index in [1.54, 1.807) is 6.08 Å². The van der Waals surface area contributed by atoms with Crippen LogP contribution >= 0.6 is 0 Å². The van der Waals surface area contributed by atoms with Gasteiger partial charge in [0, 0.05) is 35.5 Å². The van der Waals surface area contributed by atoms with Gasteiger partial charge in [0.1, 0.15) is 0 Å². The predicted molar refractivity (Wildman–Crippen MR) is 173 cm³/mol. The molecule has 0 bridgehead atoms. The largest absolute Gasteiger partial charge is 0.449 e. The van der Waals surface area contributed by atoms with E-state index in [9.17, 15) is 0 Å². The molecule has 3 heteroatoms. The van der Waals surface area contributed by atoms with E-state index >= 15 is 0 Å². The summed E-state index contributed by atoms with van der Waals surface area (Å²) in [6.07, 6.45) is 5.76. The molecule has 1 unspecified atom stereocenters. The number of allylic oxidation sites excluding steroid dienone is 4. The molecule has 204 valence electrons. The third-order valence-electron chi connectivity index (χ3n) is 8.56. The Hall–Kier alpha value is -5.28. The molecule has 7 rings (SSSR count). The SMILES string of the molecule is C=C/C=C\C(=C)C1(C)c2ccccc2-c2cc3c(cc21)Oc1cc(N(C)c2ccccc2-c2ccccc2)ccc1O3. The molecule has 0 amide bonds. The molecular formula is C39H31NO2. The monoisotopic (exact) mass is 545 g/mol. The molecule has 5 aromatic carbocycles. The molecule has 0 aromatic heterocycles. The molecule has 1 aliphatic heterocycles. The minimum Gasteiger partial charge on any atom is -0.449 e. The van der Waals surface area contributed by atoms with Crippen molar-refractivity contribution in [3.8, 4) is 45.3 Å². The second kappa shape index (κ2) is 9.97. The lowest BCUT2D eigenvalue weighted by atomic mass is 9.74. The molecule has 0 fully saturated rings. The summed E-state index contributed by atoms with van der Waals surface area (Å²) in [5.74, 6) is 2.79. The summed E-state index contributed by atoms with van der Waals surface area (Å²) in [4.78, 5) is 2.19. The van der Waals surface area contributed by atoms with E-state index in [4.69, 9.17) is 9.47 Å². The number of benzene rings is 5. The van der Waals surface area contributed by atoms with E-state index in [2.05, 4.69) is 123 Å². The van der Waals surface area contributed by atoms with E-state index in [-0.39, 0.29) is 0 Å². The normalized spacial score (nSPS) is 16.0. The van der Waals surface area contributed by atoms with Crippen LogP contribution in [0.5, 0.6) is 23.0 Å². The Balaban J connectivity index is 1.27. The maximum Gasteiger partial charge on any atom is 0.172 e. The van der Waals surface area contributed by atoms with Crippen LogP contribution in [0.1, 0.15) is 18.1 Å². The number of rotatable bonds is 6. The maximum absolute atomic E-state index is 6.58. The zero-order valence-electron chi connectivity index (χ0n) is 23.8. The zero-order chi connectivity index (χ0) is 28.8. The molecule has 1 atom stereocenters. The molecule has 0 saturated heterocycles. The van der Waals surface area contributed by atoms with Crippen molar-refractivity contribution in [2.24, 2.45) is 0 Å². The van der Waals surface area contributed by atoms with Crippen molar-refractivity contribution in [1.29, 1.82) is 0 Å². The van der Waals surface area contributed by atoms with Gasteiger partial charge < -0.3 is 14.4 Å². The highest BCUT2D eigenvalue weighted by molar-refractivity contribution is 5.86. The number of nitrogens with zero attached hydrogens (tertiary/aromatic N) is 1. The average Bonchev–Trinajstić information content (AvgIpc) is 3.29. The summed E-state index contributed by atoms with van der Waals surface area (Å²) in [7, 11) is 2.08. The first-order valence-corrected chi connectivity index (χ1v) is 14.1. The summed E-state index contributed by atoms with van der Waals surface area (Å²) in [5, 5.41) is 0. The molecule has 5 aromatic rings. The van der Waals surface area contributed by atoms with Crippen LogP contribution in [0.4, 0.5) is 11.4 Å². The minimum absolute atomic E-state index is 0.409. The molecule has 1 heterocycles. The lowest BCUT2D eigenvalue weighted by molar-refractivity contribution is 0.359. The van der Waals surface area contributed by atoms with Gasteiger partial charge in [-0.25, -0.2) is 0 Å². The van der Waals surface area contributed by atoms with Crippen LogP contribution in [-0.2, 0) is 5.41 Å². The molecule has 2 aliphatic rings. The van der Waals surface area contributed by atoms with Crippen molar-refractivity contribution in [3.63, 3.8) is 0 Å². The summed E-state index contributed by atoms with van der Waals surface area (Å²) in [6.45, 7) is 10.5. The van der Waals surface area contributed by atoms with E-state index in [0.717, 1.165) is 28.1 Å². The van der Waals surface area contributed by atoms with Gasteiger partial charge in [-0.05, 0) is 70.6 Å². The number of ether oxygens (including phenoxy) is 2. The Morgan fingerprint density at radius 1 is 0.690 bits per heavy atom. The van der Waals surface area contributed by atoms with E-state index in [1.165, 1.54) is 22.3 Å².